The van der Waals surface area contributed by atoms with Crippen molar-refractivity contribution < 1.29 is 4.74 Å². The third-order valence-electron chi connectivity index (χ3n) is 3.41. The quantitative estimate of drug-likeness (QED) is 0.813. The molecule has 4 nitrogen and oxygen atoms in total. The molecule has 0 radical (unpaired) electrons. The second-order valence-corrected chi connectivity index (χ2v) is 5.12. The Morgan fingerprint density at radius 3 is 2.56 bits per heavy atom. The topological polar surface area (TPSA) is 47.0 Å². The van der Waals surface area contributed by atoms with Crippen LogP contribution < -0.4 is 10.1 Å². The van der Waals surface area contributed by atoms with Gasteiger partial charge >= 0.3 is 6.01 Å². The first kappa shape index (κ1) is 13.3. The molecule has 0 spiro atoms. The Bertz CT molecular complexity index is 355. The maximum Gasteiger partial charge on any atom is 0.316 e. The van der Waals surface area contributed by atoms with Crippen LogP contribution in [0.25, 0.3) is 0 Å². The summed E-state index contributed by atoms with van der Waals surface area (Å²) in [6, 6.07) is 2.49. The van der Waals surface area contributed by atoms with Gasteiger partial charge in [0, 0.05) is 11.4 Å². The highest BCUT2D eigenvalue weighted by atomic mass is 16.5. The Morgan fingerprint density at radius 2 is 1.89 bits per heavy atom. The van der Waals surface area contributed by atoms with Gasteiger partial charge in [-0.15, -0.1) is 0 Å². The molecule has 0 bridgehead atoms. The molecule has 18 heavy (non-hydrogen) atoms. The van der Waals surface area contributed by atoms with Crippen LogP contribution in [0, 0.1) is 19.8 Å². The smallest absolute Gasteiger partial charge is 0.316 e. The van der Waals surface area contributed by atoms with Gasteiger partial charge in [0.05, 0.1) is 6.61 Å². The van der Waals surface area contributed by atoms with Gasteiger partial charge in [-0.1, -0.05) is 0 Å². The molecule has 2 heterocycles. The molecule has 1 saturated heterocycles. The van der Waals surface area contributed by atoms with E-state index in [1.54, 1.807) is 0 Å². The lowest BCUT2D eigenvalue weighted by Gasteiger charge is -2.22. The predicted molar refractivity (Wildman–Crippen MR) is 71.8 cm³/mol. The standard InChI is InChI=1S/C14H23N3O/c1-11-10-12(2)17-14(16-11)18-9-3-4-13-5-7-15-8-6-13/h10,13,15H,3-9H2,1-2H3. The highest BCUT2D eigenvalue weighted by Crippen LogP contribution is 2.17. The second-order valence-electron chi connectivity index (χ2n) is 5.12. The fourth-order valence-corrected chi connectivity index (χ4v) is 2.46. The molecular weight excluding hydrogens is 226 g/mol. The number of nitrogens with one attached hydrogen (secondary N) is 1. The van der Waals surface area contributed by atoms with Crippen LogP contribution in [0.5, 0.6) is 6.01 Å². The van der Waals surface area contributed by atoms with Gasteiger partial charge in [-0.25, -0.2) is 9.97 Å². The van der Waals surface area contributed by atoms with Gasteiger partial charge in [0.15, 0.2) is 0 Å². The molecule has 0 aliphatic carbocycles. The first-order chi connectivity index (χ1) is 8.74. The van der Waals surface area contributed by atoms with Crippen molar-refractivity contribution in [2.24, 2.45) is 5.92 Å². The monoisotopic (exact) mass is 249 g/mol. The van der Waals surface area contributed by atoms with Gasteiger partial charge in [0.1, 0.15) is 0 Å². The van der Waals surface area contributed by atoms with Crippen LogP contribution in [-0.4, -0.2) is 29.7 Å². The van der Waals surface area contributed by atoms with E-state index in [1.807, 2.05) is 19.9 Å². The third kappa shape index (κ3) is 4.26. The zero-order valence-electron chi connectivity index (χ0n) is 11.4. The Kier molecular flexibility index (Phi) is 4.93. The molecule has 1 fully saturated rings. The van der Waals surface area contributed by atoms with Crippen LogP contribution in [-0.2, 0) is 0 Å². The molecular formula is C14H23N3O. The molecule has 1 aromatic rings. The zero-order chi connectivity index (χ0) is 12.8. The Balaban J connectivity index is 1.68. The largest absolute Gasteiger partial charge is 0.463 e. The van der Waals surface area contributed by atoms with E-state index in [4.69, 9.17) is 4.74 Å². The van der Waals surface area contributed by atoms with Crippen molar-refractivity contribution in [3.8, 4) is 6.01 Å². The summed E-state index contributed by atoms with van der Waals surface area (Å²) < 4.78 is 5.62. The molecule has 1 aliphatic rings. The Hall–Kier alpha value is -1.16. The number of rotatable bonds is 5. The molecule has 0 unspecified atom stereocenters. The number of nitrogens with zero attached hydrogens (tertiary/aromatic N) is 2. The summed E-state index contributed by atoms with van der Waals surface area (Å²) >= 11 is 0. The van der Waals surface area contributed by atoms with Crippen molar-refractivity contribution in [2.45, 2.75) is 39.5 Å². The van der Waals surface area contributed by atoms with E-state index in [1.165, 1.54) is 32.4 Å². The van der Waals surface area contributed by atoms with Crippen LogP contribution >= 0.6 is 0 Å². The fourth-order valence-electron chi connectivity index (χ4n) is 2.46. The van der Waals surface area contributed by atoms with Crippen LogP contribution in [0.3, 0.4) is 0 Å². The number of aryl methyl sites for hydroxylation is 2. The molecule has 4 heteroatoms. The lowest BCUT2D eigenvalue weighted by atomic mass is 9.93. The van der Waals surface area contributed by atoms with Gasteiger partial charge in [0.25, 0.3) is 0 Å². The first-order valence-electron chi connectivity index (χ1n) is 6.90. The summed E-state index contributed by atoms with van der Waals surface area (Å²) in [5, 5.41) is 3.39. The van der Waals surface area contributed by atoms with Crippen molar-refractivity contribution in [3.05, 3.63) is 17.5 Å². The normalized spacial score (nSPS) is 16.8. The summed E-state index contributed by atoms with van der Waals surface area (Å²) in [4.78, 5) is 8.55. The van der Waals surface area contributed by atoms with Gasteiger partial charge in [-0.05, 0) is 64.6 Å². The van der Waals surface area contributed by atoms with Gasteiger partial charge in [0.2, 0.25) is 0 Å². The highest BCUT2D eigenvalue weighted by Gasteiger charge is 2.12. The van der Waals surface area contributed by atoms with Crippen LogP contribution in [0.1, 0.15) is 37.1 Å². The van der Waals surface area contributed by atoms with E-state index in [2.05, 4.69) is 15.3 Å². The van der Waals surface area contributed by atoms with Gasteiger partial charge in [-0.2, -0.15) is 0 Å². The van der Waals surface area contributed by atoms with E-state index in [0.29, 0.717) is 6.01 Å². The summed E-state index contributed by atoms with van der Waals surface area (Å²) in [7, 11) is 0. The van der Waals surface area contributed by atoms with E-state index in [0.717, 1.165) is 30.3 Å². The van der Waals surface area contributed by atoms with Crippen molar-refractivity contribution in [3.63, 3.8) is 0 Å². The maximum atomic E-state index is 5.62. The fraction of sp³-hybridized carbons (Fsp3) is 0.714. The van der Waals surface area contributed by atoms with Crippen LogP contribution in [0.4, 0.5) is 0 Å². The number of piperidine rings is 1. The average molecular weight is 249 g/mol. The van der Waals surface area contributed by atoms with Crippen molar-refractivity contribution >= 4 is 0 Å². The van der Waals surface area contributed by atoms with Gasteiger partial charge in [-0.3, -0.25) is 0 Å². The highest BCUT2D eigenvalue weighted by molar-refractivity contribution is 5.10. The van der Waals surface area contributed by atoms with Crippen molar-refractivity contribution in [1.29, 1.82) is 0 Å². The summed E-state index contributed by atoms with van der Waals surface area (Å²) in [5.74, 6) is 0.870. The lowest BCUT2D eigenvalue weighted by molar-refractivity contribution is 0.257. The van der Waals surface area contributed by atoms with E-state index >= 15 is 0 Å². The Labute approximate surface area is 109 Å². The minimum Gasteiger partial charge on any atom is -0.463 e. The maximum absolute atomic E-state index is 5.62. The number of hydrogen-bond acceptors (Lipinski definition) is 4. The minimum absolute atomic E-state index is 0.526. The lowest BCUT2D eigenvalue weighted by Crippen LogP contribution is -2.27. The first-order valence-corrected chi connectivity index (χ1v) is 6.90. The SMILES string of the molecule is Cc1cc(C)nc(OCCCC2CCNCC2)n1. The molecule has 1 aliphatic heterocycles. The van der Waals surface area contributed by atoms with Crippen LogP contribution in [0.2, 0.25) is 0 Å². The summed E-state index contributed by atoms with van der Waals surface area (Å²) in [6.07, 6.45) is 4.97. The van der Waals surface area contributed by atoms with Crippen LogP contribution in [0.15, 0.2) is 6.07 Å². The minimum atomic E-state index is 0.526. The van der Waals surface area contributed by atoms with E-state index in [9.17, 15) is 0 Å². The number of hydrogen-bond donors (Lipinski definition) is 1. The zero-order valence-corrected chi connectivity index (χ0v) is 11.4. The number of ether oxygens (including phenoxy) is 1. The number of aromatic nitrogens is 2. The molecule has 1 N–H and O–H groups in total. The molecule has 100 valence electrons. The second kappa shape index (κ2) is 6.69. The van der Waals surface area contributed by atoms with Gasteiger partial charge < -0.3 is 10.1 Å². The molecule has 2 rings (SSSR count). The molecule has 0 atom stereocenters. The Morgan fingerprint density at radius 1 is 1.22 bits per heavy atom. The van der Waals surface area contributed by atoms with Crippen molar-refractivity contribution in [2.75, 3.05) is 19.7 Å². The summed E-state index contributed by atoms with van der Waals surface area (Å²) in [6.45, 7) is 7.01. The molecule has 0 amide bonds. The molecule has 0 aromatic carbocycles. The average Bonchev–Trinajstić information content (AvgIpc) is 2.35. The predicted octanol–water partition coefficient (Wildman–Crippen LogP) is 2.25. The van der Waals surface area contributed by atoms with E-state index < -0.39 is 0 Å². The van der Waals surface area contributed by atoms with E-state index in [-0.39, 0.29) is 0 Å². The molecule has 1 aromatic heterocycles. The molecule has 0 saturated carbocycles. The summed E-state index contributed by atoms with van der Waals surface area (Å²) in [5.41, 5.74) is 1.94. The van der Waals surface area contributed by atoms with Crippen molar-refractivity contribution in [1.82, 2.24) is 15.3 Å². The third-order valence-corrected chi connectivity index (χ3v) is 3.41.